The largest absolute Gasteiger partial charge is 0.457 e. The van der Waals surface area contributed by atoms with E-state index in [2.05, 4.69) is 15.9 Å². The highest BCUT2D eigenvalue weighted by Gasteiger charge is 2.31. The highest BCUT2D eigenvalue weighted by molar-refractivity contribution is 9.10. The number of benzene rings is 1. The fourth-order valence-electron chi connectivity index (χ4n) is 1.61. The van der Waals surface area contributed by atoms with Gasteiger partial charge in [0.05, 0.1) is 17.9 Å². The van der Waals surface area contributed by atoms with E-state index in [0.29, 0.717) is 15.8 Å². The van der Waals surface area contributed by atoms with Gasteiger partial charge in [0.25, 0.3) is 0 Å². The lowest BCUT2D eigenvalue weighted by atomic mass is 10.00. The maximum atomic E-state index is 12.6. The lowest BCUT2D eigenvalue weighted by molar-refractivity contribution is -0.137. The standard InChI is InChI=1S/C12H9BrF3NO/c13-11-9(4-5-18-11)10(17)7-2-1-3-8(6-7)12(14,15)16/h1-6,10H,17H2. The monoisotopic (exact) mass is 319 g/mol. The zero-order valence-corrected chi connectivity index (χ0v) is 10.6. The summed E-state index contributed by atoms with van der Waals surface area (Å²) < 4.78 is 43.2. The summed E-state index contributed by atoms with van der Waals surface area (Å²) in [5.74, 6) is 0. The van der Waals surface area contributed by atoms with E-state index in [-0.39, 0.29) is 0 Å². The van der Waals surface area contributed by atoms with Gasteiger partial charge in [-0.15, -0.1) is 0 Å². The van der Waals surface area contributed by atoms with Crippen LogP contribution in [0, 0.1) is 0 Å². The molecule has 0 bridgehead atoms. The Balaban J connectivity index is 2.38. The van der Waals surface area contributed by atoms with Gasteiger partial charge in [-0.25, -0.2) is 0 Å². The Hall–Kier alpha value is -1.27. The highest BCUT2D eigenvalue weighted by Crippen LogP contribution is 2.33. The van der Waals surface area contributed by atoms with Gasteiger partial charge < -0.3 is 10.2 Å². The summed E-state index contributed by atoms with van der Waals surface area (Å²) in [7, 11) is 0. The lowest BCUT2D eigenvalue weighted by Crippen LogP contribution is -2.13. The van der Waals surface area contributed by atoms with E-state index in [1.807, 2.05) is 0 Å². The van der Waals surface area contributed by atoms with E-state index in [1.165, 1.54) is 12.3 Å². The van der Waals surface area contributed by atoms with Crippen molar-refractivity contribution in [2.45, 2.75) is 12.2 Å². The Morgan fingerprint density at radius 3 is 2.50 bits per heavy atom. The first-order valence-electron chi connectivity index (χ1n) is 5.05. The van der Waals surface area contributed by atoms with E-state index in [9.17, 15) is 13.2 Å². The summed E-state index contributed by atoms with van der Waals surface area (Å²) in [6, 6.07) is 5.91. The minimum atomic E-state index is -4.37. The Morgan fingerprint density at radius 1 is 1.22 bits per heavy atom. The molecule has 0 radical (unpaired) electrons. The fraction of sp³-hybridized carbons (Fsp3) is 0.167. The maximum absolute atomic E-state index is 12.6. The third-order valence-electron chi connectivity index (χ3n) is 2.55. The minimum absolute atomic E-state index is 0.381. The minimum Gasteiger partial charge on any atom is -0.457 e. The van der Waals surface area contributed by atoms with Gasteiger partial charge in [0, 0.05) is 5.56 Å². The first-order valence-corrected chi connectivity index (χ1v) is 5.84. The van der Waals surface area contributed by atoms with Crippen LogP contribution in [0.3, 0.4) is 0 Å². The molecule has 0 amide bonds. The number of halogens is 4. The molecule has 0 aliphatic carbocycles. The van der Waals surface area contributed by atoms with Crippen LogP contribution < -0.4 is 5.73 Å². The van der Waals surface area contributed by atoms with Crippen molar-refractivity contribution in [3.05, 3.63) is 58.0 Å². The van der Waals surface area contributed by atoms with Crippen molar-refractivity contribution < 1.29 is 17.6 Å². The predicted molar refractivity (Wildman–Crippen MR) is 63.9 cm³/mol. The number of furan rings is 1. The lowest BCUT2D eigenvalue weighted by Gasteiger charge is -2.13. The Labute approximate surface area is 110 Å². The second kappa shape index (κ2) is 4.78. The van der Waals surface area contributed by atoms with E-state index in [4.69, 9.17) is 10.2 Å². The van der Waals surface area contributed by atoms with Gasteiger partial charge in [0.15, 0.2) is 4.67 Å². The fourth-order valence-corrected chi connectivity index (χ4v) is 2.10. The van der Waals surface area contributed by atoms with Crippen LogP contribution in [-0.2, 0) is 6.18 Å². The summed E-state index contributed by atoms with van der Waals surface area (Å²) in [6.07, 6.45) is -2.95. The van der Waals surface area contributed by atoms with Crippen LogP contribution in [0.2, 0.25) is 0 Å². The number of hydrogen-bond acceptors (Lipinski definition) is 2. The van der Waals surface area contributed by atoms with E-state index in [0.717, 1.165) is 12.1 Å². The molecule has 0 saturated heterocycles. The summed E-state index contributed by atoms with van der Waals surface area (Å²) in [4.78, 5) is 0. The van der Waals surface area contributed by atoms with Crippen molar-refractivity contribution in [1.82, 2.24) is 0 Å². The van der Waals surface area contributed by atoms with Crippen LogP contribution in [0.4, 0.5) is 13.2 Å². The molecule has 2 nitrogen and oxygen atoms in total. The van der Waals surface area contributed by atoms with Crippen molar-refractivity contribution in [1.29, 1.82) is 0 Å². The molecule has 0 aliphatic heterocycles. The number of hydrogen-bond donors (Lipinski definition) is 1. The normalized spacial score (nSPS) is 13.6. The maximum Gasteiger partial charge on any atom is 0.416 e. The summed E-state index contributed by atoms with van der Waals surface area (Å²) in [5, 5.41) is 0. The quantitative estimate of drug-likeness (QED) is 0.904. The van der Waals surface area contributed by atoms with Gasteiger partial charge in [0.1, 0.15) is 0 Å². The van der Waals surface area contributed by atoms with Crippen LogP contribution in [0.5, 0.6) is 0 Å². The SMILES string of the molecule is NC(c1cccc(C(F)(F)F)c1)c1ccoc1Br. The van der Waals surface area contributed by atoms with Crippen LogP contribution in [-0.4, -0.2) is 0 Å². The molecular weight excluding hydrogens is 311 g/mol. The molecule has 2 aromatic rings. The average Bonchev–Trinajstić information content (AvgIpc) is 2.73. The van der Waals surface area contributed by atoms with Crippen molar-refractivity contribution in [2.24, 2.45) is 5.73 Å². The van der Waals surface area contributed by atoms with Crippen molar-refractivity contribution in [3.8, 4) is 0 Å². The topological polar surface area (TPSA) is 39.2 Å². The van der Waals surface area contributed by atoms with Crippen LogP contribution in [0.25, 0.3) is 0 Å². The van der Waals surface area contributed by atoms with Gasteiger partial charge in [-0.05, 0) is 39.7 Å². The van der Waals surface area contributed by atoms with Crippen molar-refractivity contribution in [2.75, 3.05) is 0 Å². The van der Waals surface area contributed by atoms with Crippen LogP contribution in [0.1, 0.15) is 22.7 Å². The second-order valence-corrected chi connectivity index (χ2v) is 4.47. The van der Waals surface area contributed by atoms with Crippen molar-refractivity contribution in [3.63, 3.8) is 0 Å². The first kappa shape index (κ1) is 13.2. The average molecular weight is 320 g/mol. The summed E-state index contributed by atoms with van der Waals surface area (Å²) in [6.45, 7) is 0. The zero-order chi connectivity index (χ0) is 13.3. The number of alkyl halides is 3. The highest BCUT2D eigenvalue weighted by atomic mass is 79.9. The molecule has 96 valence electrons. The van der Waals surface area contributed by atoms with E-state index < -0.39 is 17.8 Å². The van der Waals surface area contributed by atoms with Gasteiger partial charge in [-0.1, -0.05) is 12.1 Å². The smallest absolute Gasteiger partial charge is 0.416 e. The van der Waals surface area contributed by atoms with Crippen molar-refractivity contribution >= 4 is 15.9 Å². The predicted octanol–water partition coefficient (Wildman–Crippen LogP) is 4.11. The van der Waals surface area contributed by atoms with Crippen LogP contribution >= 0.6 is 15.9 Å². The molecule has 0 saturated carbocycles. The Kier molecular flexibility index (Phi) is 3.49. The number of rotatable bonds is 2. The van der Waals surface area contributed by atoms with Gasteiger partial charge in [0.2, 0.25) is 0 Å². The molecule has 0 spiro atoms. The molecule has 0 aliphatic rings. The molecule has 0 fully saturated rings. The third kappa shape index (κ3) is 2.59. The molecule has 6 heteroatoms. The Morgan fingerprint density at radius 2 is 1.94 bits per heavy atom. The number of nitrogens with two attached hydrogens (primary N) is 1. The molecule has 1 unspecified atom stereocenters. The molecule has 1 aromatic carbocycles. The molecule has 2 N–H and O–H groups in total. The molecule has 1 aromatic heterocycles. The summed E-state index contributed by atoms with van der Waals surface area (Å²) >= 11 is 3.15. The first-order chi connectivity index (χ1) is 8.39. The van der Waals surface area contributed by atoms with Gasteiger partial charge in [-0.2, -0.15) is 13.2 Å². The van der Waals surface area contributed by atoms with E-state index >= 15 is 0 Å². The molecule has 1 atom stereocenters. The van der Waals surface area contributed by atoms with E-state index in [1.54, 1.807) is 12.1 Å². The Bertz CT molecular complexity index is 550. The molecule has 1 heterocycles. The van der Waals surface area contributed by atoms with Gasteiger partial charge >= 0.3 is 6.18 Å². The molecular formula is C12H9BrF3NO. The second-order valence-electron chi connectivity index (χ2n) is 3.75. The molecule has 2 rings (SSSR count). The zero-order valence-electron chi connectivity index (χ0n) is 9.04. The summed E-state index contributed by atoms with van der Waals surface area (Å²) in [5.41, 5.74) is 6.19. The van der Waals surface area contributed by atoms with Gasteiger partial charge in [-0.3, -0.25) is 0 Å². The third-order valence-corrected chi connectivity index (χ3v) is 3.20. The van der Waals surface area contributed by atoms with Crippen LogP contribution in [0.15, 0.2) is 45.7 Å². The molecule has 18 heavy (non-hydrogen) atoms.